The molecule has 0 fully saturated rings. The molecule has 0 radical (unpaired) electrons. The predicted octanol–water partition coefficient (Wildman–Crippen LogP) is 7.51. The number of hydrogen-bond donors (Lipinski definition) is 1. The van der Waals surface area contributed by atoms with Crippen molar-refractivity contribution in [2.45, 2.75) is 54.9 Å². The molecule has 0 spiro atoms. The van der Waals surface area contributed by atoms with Crippen molar-refractivity contribution in [3.8, 4) is 0 Å². The number of benzene rings is 1. The molecule has 0 atom stereocenters. The normalized spacial score (nSPS) is 14.1. The molecule has 0 aromatic heterocycles. The second-order valence-electron chi connectivity index (χ2n) is 5.28. The van der Waals surface area contributed by atoms with Gasteiger partial charge in [-0.2, -0.15) is 0 Å². The Hall–Kier alpha value is -2.28. The predicted molar refractivity (Wildman–Crippen MR) is 116 cm³/mol. The van der Waals surface area contributed by atoms with Crippen LogP contribution in [0.25, 0.3) is 11.3 Å². The molecule has 0 amide bonds. The van der Waals surface area contributed by atoms with E-state index in [9.17, 15) is 0 Å². The van der Waals surface area contributed by atoms with E-state index >= 15 is 0 Å². The summed E-state index contributed by atoms with van der Waals surface area (Å²) in [7, 11) is 0. The van der Waals surface area contributed by atoms with Crippen LogP contribution in [0.2, 0.25) is 0 Å². The maximum atomic E-state index is 4.14. The van der Waals surface area contributed by atoms with Crippen molar-refractivity contribution in [3.05, 3.63) is 83.6 Å². The highest BCUT2D eigenvalue weighted by atomic mass is 14.9. The van der Waals surface area contributed by atoms with Gasteiger partial charge in [-0.15, -0.1) is 6.58 Å². The molecular formula is C24H35N. The zero-order chi connectivity index (χ0) is 19.4. The van der Waals surface area contributed by atoms with E-state index in [1.54, 1.807) is 6.08 Å². The van der Waals surface area contributed by atoms with Gasteiger partial charge < -0.3 is 5.32 Å². The Morgan fingerprint density at radius 2 is 1.52 bits per heavy atom. The van der Waals surface area contributed by atoms with E-state index in [0.29, 0.717) is 0 Å². The molecule has 1 N–H and O–H groups in total. The highest BCUT2D eigenvalue weighted by Crippen LogP contribution is 2.43. The lowest BCUT2D eigenvalue weighted by Crippen LogP contribution is -2.18. The molecule has 1 nitrogen and oxygen atoms in total. The molecule has 25 heavy (non-hydrogen) atoms. The fourth-order valence-corrected chi connectivity index (χ4v) is 2.82. The molecule has 136 valence electrons. The molecule has 1 aliphatic carbocycles. The largest absolute Gasteiger partial charge is 0.355 e. The number of allylic oxidation sites excluding steroid dienone is 5. The molecule has 3 rings (SSSR count). The van der Waals surface area contributed by atoms with E-state index in [-0.39, 0.29) is 0 Å². The van der Waals surface area contributed by atoms with Crippen LogP contribution in [0.1, 0.15) is 66.0 Å². The summed E-state index contributed by atoms with van der Waals surface area (Å²) in [5.41, 5.74) is 8.96. The first-order chi connectivity index (χ1) is 12.1. The zero-order valence-corrected chi connectivity index (χ0v) is 17.2. The molecule has 1 aromatic rings. The standard InChI is InChI=1S/C17H17N.C3H6.2C2H6/c1-4-7-13-11(2)10-16-15-9-6-5-8-14(15)12(3)18-17(13)16;1-3-2;2*1-2/h4-9,18H,3,10H2,1-2H3;3H,1H2,2H3;2*1-2H3/b7-4-;;;. The molecular weight excluding hydrogens is 302 g/mol. The summed E-state index contributed by atoms with van der Waals surface area (Å²) in [6.45, 7) is 21.7. The fourth-order valence-electron chi connectivity index (χ4n) is 2.82. The molecule has 0 bridgehead atoms. The van der Waals surface area contributed by atoms with E-state index in [2.05, 4.69) is 68.7 Å². The van der Waals surface area contributed by atoms with E-state index in [4.69, 9.17) is 0 Å². The topological polar surface area (TPSA) is 12.0 Å². The molecule has 1 aliphatic heterocycles. The lowest BCUT2D eigenvalue weighted by molar-refractivity contribution is 1.10. The van der Waals surface area contributed by atoms with Crippen molar-refractivity contribution < 1.29 is 0 Å². The summed E-state index contributed by atoms with van der Waals surface area (Å²) in [6, 6.07) is 8.50. The average Bonchev–Trinajstić information content (AvgIpc) is 2.96. The van der Waals surface area contributed by atoms with Gasteiger partial charge in [-0.1, -0.05) is 82.3 Å². The van der Waals surface area contributed by atoms with Crippen LogP contribution < -0.4 is 5.32 Å². The zero-order valence-electron chi connectivity index (χ0n) is 17.2. The maximum Gasteiger partial charge on any atom is 0.0499 e. The second-order valence-corrected chi connectivity index (χ2v) is 5.28. The average molecular weight is 338 g/mol. The Morgan fingerprint density at radius 1 is 1.00 bits per heavy atom. The highest BCUT2D eigenvalue weighted by molar-refractivity contribution is 5.90. The second kappa shape index (κ2) is 12.1. The van der Waals surface area contributed by atoms with Gasteiger partial charge in [0.05, 0.1) is 0 Å². The van der Waals surface area contributed by atoms with Crippen molar-refractivity contribution in [3.63, 3.8) is 0 Å². The van der Waals surface area contributed by atoms with Crippen molar-refractivity contribution >= 4 is 11.3 Å². The van der Waals surface area contributed by atoms with Gasteiger partial charge in [-0.25, -0.2) is 0 Å². The third-order valence-corrected chi connectivity index (χ3v) is 3.66. The monoisotopic (exact) mass is 337 g/mol. The number of fused-ring (bicyclic) bond motifs is 2. The van der Waals surface area contributed by atoms with Crippen molar-refractivity contribution in [2.75, 3.05) is 0 Å². The van der Waals surface area contributed by atoms with E-state index in [0.717, 1.165) is 12.1 Å². The number of rotatable bonds is 1. The first kappa shape index (κ1) is 22.7. The smallest absolute Gasteiger partial charge is 0.0499 e. The molecule has 1 heterocycles. The first-order valence-electron chi connectivity index (χ1n) is 9.32. The Morgan fingerprint density at radius 3 is 2.04 bits per heavy atom. The fraction of sp³-hybridized carbons (Fsp3) is 0.333. The van der Waals surface area contributed by atoms with E-state index < -0.39 is 0 Å². The van der Waals surface area contributed by atoms with Gasteiger partial charge >= 0.3 is 0 Å². The van der Waals surface area contributed by atoms with Crippen molar-refractivity contribution in [1.29, 1.82) is 0 Å². The Bertz CT molecular complexity index is 669. The van der Waals surface area contributed by atoms with Crippen LogP contribution >= 0.6 is 0 Å². The third kappa shape index (κ3) is 5.35. The lowest BCUT2D eigenvalue weighted by atomic mass is 9.92. The SMILES string of the molecule is C=C1NC2=C(CC(C)=C2/C=C\C)c2ccccc21.C=CC.CC.CC. The summed E-state index contributed by atoms with van der Waals surface area (Å²) in [5, 5.41) is 3.48. The lowest BCUT2D eigenvalue weighted by Gasteiger charge is -2.23. The van der Waals surface area contributed by atoms with Gasteiger partial charge in [-0.3, -0.25) is 0 Å². The summed E-state index contributed by atoms with van der Waals surface area (Å²) in [6.07, 6.45) is 7.07. The summed E-state index contributed by atoms with van der Waals surface area (Å²) in [4.78, 5) is 0. The van der Waals surface area contributed by atoms with Crippen LogP contribution in [0.3, 0.4) is 0 Å². The van der Waals surface area contributed by atoms with Gasteiger partial charge in [0.15, 0.2) is 0 Å². The van der Waals surface area contributed by atoms with Crippen LogP contribution in [-0.2, 0) is 0 Å². The first-order valence-corrected chi connectivity index (χ1v) is 9.32. The minimum Gasteiger partial charge on any atom is -0.355 e. The van der Waals surface area contributed by atoms with E-state index in [1.807, 2.05) is 34.6 Å². The Labute approximate surface area is 155 Å². The molecule has 0 saturated carbocycles. The van der Waals surface area contributed by atoms with Crippen LogP contribution in [0.4, 0.5) is 0 Å². The van der Waals surface area contributed by atoms with E-state index in [1.165, 1.54) is 33.5 Å². The van der Waals surface area contributed by atoms with Gasteiger partial charge in [0.1, 0.15) is 0 Å². The quantitative estimate of drug-likeness (QED) is 0.523. The van der Waals surface area contributed by atoms with Crippen LogP contribution in [-0.4, -0.2) is 0 Å². The molecule has 1 aromatic carbocycles. The Kier molecular flexibility index (Phi) is 11.0. The third-order valence-electron chi connectivity index (χ3n) is 3.66. The Balaban J connectivity index is 0.000000728. The minimum absolute atomic E-state index is 1.00. The summed E-state index contributed by atoms with van der Waals surface area (Å²) >= 11 is 0. The van der Waals surface area contributed by atoms with Crippen LogP contribution in [0.5, 0.6) is 0 Å². The highest BCUT2D eigenvalue weighted by Gasteiger charge is 2.27. The van der Waals surface area contributed by atoms with Gasteiger partial charge in [0.25, 0.3) is 0 Å². The van der Waals surface area contributed by atoms with Crippen molar-refractivity contribution in [1.82, 2.24) is 5.32 Å². The number of nitrogens with one attached hydrogen (secondary N) is 1. The molecule has 2 aliphatic rings. The molecule has 1 heteroatoms. The van der Waals surface area contributed by atoms with Crippen LogP contribution in [0, 0.1) is 0 Å². The molecule has 0 unspecified atom stereocenters. The van der Waals surface area contributed by atoms with Crippen molar-refractivity contribution in [2.24, 2.45) is 0 Å². The summed E-state index contributed by atoms with van der Waals surface area (Å²) < 4.78 is 0. The van der Waals surface area contributed by atoms with Crippen LogP contribution in [0.15, 0.2) is 72.5 Å². The number of hydrogen-bond acceptors (Lipinski definition) is 1. The summed E-state index contributed by atoms with van der Waals surface area (Å²) in [5.74, 6) is 0. The van der Waals surface area contributed by atoms with Gasteiger partial charge in [0.2, 0.25) is 0 Å². The van der Waals surface area contributed by atoms with Gasteiger partial charge in [-0.05, 0) is 43.9 Å². The van der Waals surface area contributed by atoms with Gasteiger partial charge in [0, 0.05) is 17.0 Å². The minimum atomic E-state index is 1.00. The molecule has 0 saturated heterocycles. The maximum absolute atomic E-state index is 4.14.